The number of nitrogens with one attached hydrogen (secondary N) is 1. The molecule has 2 aromatic rings. The first-order chi connectivity index (χ1) is 13.2. The molecule has 0 radical (unpaired) electrons. The Hall–Kier alpha value is -1.55. The first kappa shape index (κ1) is 21.2. The number of carbonyl (C=O) groups excluding carboxylic acids is 2. The summed E-state index contributed by atoms with van der Waals surface area (Å²) < 4.78 is 29.8. The van der Waals surface area contributed by atoms with Crippen molar-refractivity contribution in [3.8, 4) is 0 Å². The van der Waals surface area contributed by atoms with Gasteiger partial charge in [-0.2, -0.15) is 0 Å². The highest BCUT2D eigenvalue weighted by atomic mass is 32.2. The fourth-order valence-electron chi connectivity index (χ4n) is 3.10. The van der Waals surface area contributed by atoms with E-state index in [2.05, 4.69) is 11.6 Å². The molecule has 0 aromatic carbocycles. The third-order valence-electron chi connectivity index (χ3n) is 4.54. The Kier molecular flexibility index (Phi) is 6.69. The Morgan fingerprint density at radius 2 is 2.04 bits per heavy atom. The van der Waals surface area contributed by atoms with Crippen molar-refractivity contribution in [2.24, 2.45) is 5.92 Å². The van der Waals surface area contributed by atoms with Gasteiger partial charge in [0.05, 0.1) is 11.1 Å². The molecule has 0 aliphatic heterocycles. The molecule has 152 valence electrons. The van der Waals surface area contributed by atoms with Gasteiger partial charge in [-0.3, -0.25) is 4.79 Å². The predicted molar refractivity (Wildman–Crippen MR) is 111 cm³/mol. The van der Waals surface area contributed by atoms with Gasteiger partial charge in [-0.1, -0.05) is 6.92 Å². The van der Waals surface area contributed by atoms with Crippen LogP contribution in [0, 0.1) is 5.92 Å². The Bertz CT molecular complexity index is 974. The maximum Gasteiger partial charge on any atom is 0.348 e. The summed E-state index contributed by atoms with van der Waals surface area (Å²) in [5.74, 6) is -0.0710. The van der Waals surface area contributed by atoms with E-state index in [1.54, 1.807) is 12.1 Å². The SMILES string of the molecule is CC1CCc2sc(C(=O)OCC(=O)c3ccc(CCNS(C)(=O)=O)s3)cc2C1. The van der Waals surface area contributed by atoms with Crippen molar-refractivity contribution in [1.82, 2.24) is 4.72 Å². The highest BCUT2D eigenvalue weighted by molar-refractivity contribution is 7.88. The number of Topliss-reactive ketones (excluding diaryl/α,β-unsaturated/α-hetero) is 1. The first-order valence-electron chi connectivity index (χ1n) is 9.06. The molecule has 1 atom stereocenters. The van der Waals surface area contributed by atoms with Crippen LogP contribution in [-0.2, 0) is 34.0 Å². The van der Waals surface area contributed by atoms with Gasteiger partial charge in [0.25, 0.3) is 0 Å². The standard InChI is InChI=1S/C19H23NO5S3/c1-12-3-5-16-13(9-12)10-18(27-16)19(22)25-11-15(21)17-6-4-14(26-17)7-8-20-28(2,23)24/h4,6,10,12,20H,3,5,7-9,11H2,1-2H3. The van der Waals surface area contributed by atoms with Crippen molar-refractivity contribution in [3.05, 3.63) is 43.3 Å². The van der Waals surface area contributed by atoms with Crippen LogP contribution in [0.3, 0.4) is 0 Å². The third-order valence-corrected chi connectivity index (χ3v) is 7.67. The highest BCUT2D eigenvalue weighted by Crippen LogP contribution is 2.32. The molecule has 1 N–H and O–H groups in total. The molecule has 0 amide bonds. The molecule has 0 saturated carbocycles. The average molecular weight is 442 g/mol. The van der Waals surface area contributed by atoms with Crippen molar-refractivity contribution in [3.63, 3.8) is 0 Å². The first-order valence-corrected chi connectivity index (χ1v) is 12.6. The Labute approximate surface area is 173 Å². The molecule has 1 aliphatic rings. The summed E-state index contributed by atoms with van der Waals surface area (Å²) in [7, 11) is -3.22. The van der Waals surface area contributed by atoms with Crippen LogP contribution >= 0.6 is 22.7 Å². The quantitative estimate of drug-likeness (QED) is 0.502. The number of ether oxygens (including phenoxy) is 1. The summed E-state index contributed by atoms with van der Waals surface area (Å²) >= 11 is 2.76. The van der Waals surface area contributed by atoms with E-state index in [4.69, 9.17) is 4.74 Å². The largest absolute Gasteiger partial charge is 0.453 e. The van der Waals surface area contributed by atoms with Crippen LogP contribution in [0.25, 0.3) is 0 Å². The molecular formula is C19H23NO5S3. The van der Waals surface area contributed by atoms with E-state index >= 15 is 0 Å². The molecule has 0 bridgehead atoms. The number of thiophene rings is 2. The number of hydrogen-bond donors (Lipinski definition) is 1. The Balaban J connectivity index is 1.51. The minimum Gasteiger partial charge on any atom is -0.453 e. The van der Waals surface area contributed by atoms with Crippen LogP contribution in [0.1, 0.15) is 48.0 Å². The van der Waals surface area contributed by atoms with Gasteiger partial charge < -0.3 is 4.74 Å². The van der Waals surface area contributed by atoms with E-state index < -0.39 is 16.0 Å². The zero-order valence-electron chi connectivity index (χ0n) is 15.8. The number of rotatable bonds is 8. The lowest BCUT2D eigenvalue weighted by atomic mass is 9.90. The fraction of sp³-hybridized carbons (Fsp3) is 0.474. The lowest BCUT2D eigenvalue weighted by Crippen LogP contribution is -2.24. The van der Waals surface area contributed by atoms with Gasteiger partial charge in [0, 0.05) is 16.3 Å². The Morgan fingerprint density at radius 3 is 2.79 bits per heavy atom. The zero-order valence-corrected chi connectivity index (χ0v) is 18.3. The smallest absolute Gasteiger partial charge is 0.348 e. The molecule has 6 nitrogen and oxygen atoms in total. The highest BCUT2D eigenvalue weighted by Gasteiger charge is 2.22. The minimum atomic E-state index is -3.22. The molecule has 3 rings (SSSR count). The normalized spacial score (nSPS) is 16.6. The molecule has 2 heterocycles. The number of hydrogen-bond acceptors (Lipinski definition) is 7. The summed E-state index contributed by atoms with van der Waals surface area (Å²) in [6, 6.07) is 5.38. The van der Waals surface area contributed by atoms with Crippen molar-refractivity contribution < 1.29 is 22.7 Å². The Morgan fingerprint density at radius 1 is 1.25 bits per heavy atom. The summed E-state index contributed by atoms with van der Waals surface area (Å²) in [5.41, 5.74) is 1.23. The lowest BCUT2D eigenvalue weighted by Gasteiger charge is -2.16. The van der Waals surface area contributed by atoms with E-state index in [0.29, 0.717) is 22.1 Å². The van der Waals surface area contributed by atoms with Crippen LogP contribution in [-0.4, -0.2) is 39.6 Å². The number of ketones is 1. The van der Waals surface area contributed by atoms with Gasteiger partial charge in [0.2, 0.25) is 15.8 Å². The van der Waals surface area contributed by atoms with E-state index in [1.165, 1.54) is 33.1 Å². The molecular weight excluding hydrogens is 418 g/mol. The topological polar surface area (TPSA) is 89.5 Å². The van der Waals surface area contributed by atoms with Crippen molar-refractivity contribution in [2.45, 2.75) is 32.6 Å². The molecule has 0 saturated heterocycles. The fourth-order valence-corrected chi connectivity index (χ4v) is 5.61. The summed E-state index contributed by atoms with van der Waals surface area (Å²) in [5, 5.41) is 0. The van der Waals surface area contributed by atoms with Gasteiger partial charge in [0.15, 0.2) is 6.61 Å². The number of carbonyl (C=O) groups is 2. The predicted octanol–water partition coefficient (Wildman–Crippen LogP) is 3.07. The molecule has 1 aliphatic carbocycles. The average Bonchev–Trinajstić information content (AvgIpc) is 3.24. The molecule has 9 heteroatoms. The molecule has 0 spiro atoms. The van der Waals surface area contributed by atoms with Gasteiger partial charge in [0.1, 0.15) is 4.88 Å². The second-order valence-corrected chi connectivity index (χ2v) is 11.2. The molecule has 2 aromatic heterocycles. The summed E-state index contributed by atoms with van der Waals surface area (Å²) in [6.07, 6.45) is 4.74. The van der Waals surface area contributed by atoms with Crippen molar-refractivity contribution >= 4 is 44.4 Å². The van der Waals surface area contributed by atoms with Crippen LogP contribution < -0.4 is 4.72 Å². The minimum absolute atomic E-state index is 0.254. The van der Waals surface area contributed by atoms with Crippen LogP contribution in [0.2, 0.25) is 0 Å². The van der Waals surface area contributed by atoms with Crippen molar-refractivity contribution in [1.29, 1.82) is 0 Å². The maximum absolute atomic E-state index is 12.3. The van der Waals surface area contributed by atoms with E-state index in [-0.39, 0.29) is 18.9 Å². The lowest BCUT2D eigenvalue weighted by molar-refractivity contribution is 0.0480. The van der Waals surface area contributed by atoms with Gasteiger partial charge >= 0.3 is 5.97 Å². The second kappa shape index (κ2) is 8.86. The van der Waals surface area contributed by atoms with Gasteiger partial charge in [-0.05, 0) is 55.4 Å². The summed E-state index contributed by atoms with van der Waals surface area (Å²) in [4.78, 5) is 27.8. The van der Waals surface area contributed by atoms with E-state index in [9.17, 15) is 18.0 Å². The van der Waals surface area contributed by atoms with Crippen molar-refractivity contribution in [2.75, 3.05) is 19.4 Å². The number of sulfonamides is 1. The van der Waals surface area contributed by atoms with Crippen LogP contribution in [0.4, 0.5) is 0 Å². The third kappa shape index (κ3) is 5.73. The number of esters is 1. The van der Waals surface area contributed by atoms with E-state index in [1.807, 2.05) is 6.07 Å². The number of aryl methyl sites for hydroxylation is 1. The number of fused-ring (bicyclic) bond motifs is 1. The maximum atomic E-state index is 12.3. The van der Waals surface area contributed by atoms with Gasteiger partial charge in [-0.25, -0.2) is 17.9 Å². The van der Waals surface area contributed by atoms with Crippen LogP contribution in [0.5, 0.6) is 0 Å². The summed E-state index contributed by atoms with van der Waals surface area (Å²) in [6.45, 7) is 2.20. The van der Waals surface area contributed by atoms with Crippen LogP contribution in [0.15, 0.2) is 18.2 Å². The molecule has 1 unspecified atom stereocenters. The second-order valence-electron chi connectivity index (χ2n) is 7.09. The van der Waals surface area contributed by atoms with Gasteiger partial charge in [-0.15, -0.1) is 22.7 Å². The monoisotopic (exact) mass is 441 g/mol. The zero-order chi connectivity index (χ0) is 20.3. The molecule has 28 heavy (non-hydrogen) atoms. The van der Waals surface area contributed by atoms with E-state index in [0.717, 1.165) is 30.4 Å². The molecule has 0 fully saturated rings.